The molecule has 3 aliphatic heterocycles. The number of anilines is 1. The lowest BCUT2D eigenvalue weighted by Gasteiger charge is -2.40. The number of carbonyl (C=O) groups excluding carboxylic acids is 3. The van der Waals surface area contributed by atoms with Gasteiger partial charge in [-0.05, 0) is 61.8 Å². The van der Waals surface area contributed by atoms with Crippen molar-refractivity contribution in [1.29, 1.82) is 0 Å². The van der Waals surface area contributed by atoms with E-state index in [1.807, 2.05) is 35.2 Å². The van der Waals surface area contributed by atoms with E-state index in [9.17, 15) is 27.6 Å². The molecule has 2 aromatic carbocycles. The van der Waals surface area contributed by atoms with Crippen molar-refractivity contribution in [3.8, 4) is 0 Å². The Bertz CT molecular complexity index is 1620. The minimum Gasteiger partial charge on any atom is -0.381 e. The molecular weight excluding hydrogens is 613 g/mol. The van der Waals surface area contributed by atoms with Gasteiger partial charge in [0.1, 0.15) is 6.04 Å². The highest BCUT2D eigenvalue weighted by atomic mass is 19.4. The highest BCUT2D eigenvalue weighted by Gasteiger charge is 2.42. The number of piperidine rings is 1. The number of allylic oxidation sites excluding steroid dienone is 2. The number of amides is 3. The smallest absolute Gasteiger partial charge is 0.381 e. The Hall–Kier alpha value is -4.23. The van der Waals surface area contributed by atoms with Crippen LogP contribution in [0.15, 0.2) is 60.7 Å². The van der Waals surface area contributed by atoms with Crippen LogP contribution in [0.2, 0.25) is 0 Å². The molecule has 4 heterocycles. The van der Waals surface area contributed by atoms with Crippen molar-refractivity contribution >= 4 is 34.4 Å². The number of H-pyrrole nitrogens is 1. The van der Waals surface area contributed by atoms with Gasteiger partial charge >= 0.3 is 6.18 Å². The molecule has 1 spiro atoms. The molecule has 3 aliphatic rings. The van der Waals surface area contributed by atoms with E-state index in [0.29, 0.717) is 70.5 Å². The van der Waals surface area contributed by atoms with Gasteiger partial charge in [-0.25, -0.2) is 4.98 Å². The zero-order valence-corrected chi connectivity index (χ0v) is 25.9. The van der Waals surface area contributed by atoms with Gasteiger partial charge in [-0.15, -0.1) is 0 Å². The number of alkyl halides is 3. The van der Waals surface area contributed by atoms with E-state index in [0.717, 1.165) is 5.56 Å². The lowest BCUT2D eigenvalue weighted by Crippen LogP contribution is -2.58. The third-order valence-electron chi connectivity index (χ3n) is 9.50. The fourth-order valence-corrected chi connectivity index (χ4v) is 6.82. The summed E-state index contributed by atoms with van der Waals surface area (Å²) in [5, 5.41) is 9.12. The maximum Gasteiger partial charge on any atom is 0.449 e. The molecule has 47 heavy (non-hydrogen) atoms. The number of hydrogen-bond donors (Lipinski definition) is 4. The summed E-state index contributed by atoms with van der Waals surface area (Å²) >= 11 is 0. The number of fused-ring (bicyclic) bond motifs is 2. The maximum absolute atomic E-state index is 13.8. The monoisotopic (exact) mass is 652 g/mol. The molecule has 10 nitrogen and oxygen atoms in total. The third kappa shape index (κ3) is 7.84. The van der Waals surface area contributed by atoms with Crippen LogP contribution in [0.1, 0.15) is 43.5 Å². The van der Waals surface area contributed by atoms with Gasteiger partial charge in [0.05, 0.1) is 23.0 Å². The molecule has 1 aromatic heterocycles. The van der Waals surface area contributed by atoms with Crippen LogP contribution >= 0.6 is 0 Å². The van der Waals surface area contributed by atoms with Crippen LogP contribution in [-0.4, -0.2) is 77.5 Å². The number of halogens is 3. The minimum absolute atomic E-state index is 0.0250. The number of benzene rings is 2. The maximum atomic E-state index is 13.8. The highest BCUT2D eigenvalue weighted by Crippen LogP contribution is 2.36. The second kappa shape index (κ2) is 13.9. The highest BCUT2D eigenvalue weighted by molar-refractivity contribution is 5.94. The first-order chi connectivity index (χ1) is 22.6. The zero-order chi connectivity index (χ0) is 33.0. The first-order valence-electron chi connectivity index (χ1n) is 16.1. The van der Waals surface area contributed by atoms with Gasteiger partial charge in [-0.3, -0.25) is 19.3 Å². The van der Waals surface area contributed by atoms with E-state index >= 15 is 0 Å². The number of ether oxygens (including phenoxy) is 1. The van der Waals surface area contributed by atoms with Crippen LogP contribution in [0.5, 0.6) is 0 Å². The van der Waals surface area contributed by atoms with Crippen molar-refractivity contribution in [3.63, 3.8) is 0 Å². The second-order valence-electron chi connectivity index (χ2n) is 12.8. The van der Waals surface area contributed by atoms with E-state index in [4.69, 9.17) is 4.74 Å². The lowest BCUT2D eigenvalue weighted by atomic mass is 9.75. The van der Waals surface area contributed by atoms with Crippen molar-refractivity contribution in [2.75, 3.05) is 38.2 Å². The Morgan fingerprint density at radius 2 is 1.85 bits per heavy atom. The predicted molar refractivity (Wildman–Crippen MR) is 169 cm³/mol. The van der Waals surface area contributed by atoms with E-state index in [2.05, 4.69) is 38.1 Å². The topological polar surface area (TPSA) is 128 Å². The molecule has 0 aliphatic carbocycles. The fourth-order valence-electron chi connectivity index (χ4n) is 6.82. The average Bonchev–Trinajstić information content (AvgIpc) is 3.49. The van der Waals surface area contributed by atoms with Crippen molar-refractivity contribution in [3.05, 3.63) is 72.1 Å². The number of imidazole rings is 1. The predicted octanol–water partition coefficient (Wildman–Crippen LogP) is 4.20. The van der Waals surface area contributed by atoms with Crippen LogP contribution in [-0.2, 0) is 31.7 Å². The lowest BCUT2D eigenvalue weighted by molar-refractivity contribution is -0.144. The van der Waals surface area contributed by atoms with Gasteiger partial charge in [0.25, 0.3) is 0 Å². The average molecular weight is 653 g/mol. The van der Waals surface area contributed by atoms with Gasteiger partial charge in [-0.2, -0.15) is 13.2 Å². The molecule has 3 aromatic rings. The first-order valence-corrected chi connectivity index (χ1v) is 16.1. The fraction of sp³-hybridized carbons (Fsp3) is 0.471. The van der Waals surface area contributed by atoms with E-state index in [1.165, 1.54) is 18.2 Å². The Morgan fingerprint density at radius 1 is 1.06 bits per heavy atom. The van der Waals surface area contributed by atoms with Gasteiger partial charge in [-0.1, -0.05) is 42.5 Å². The largest absolute Gasteiger partial charge is 0.449 e. The number of aromatic nitrogens is 2. The number of nitrogens with zero attached hydrogens (tertiary/aromatic N) is 2. The zero-order valence-electron chi connectivity index (χ0n) is 25.9. The number of aromatic amines is 1. The molecule has 6 rings (SSSR count). The quantitative estimate of drug-likeness (QED) is 0.306. The molecule has 0 saturated carbocycles. The molecule has 250 valence electrons. The van der Waals surface area contributed by atoms with E-state index < -0.39 is 23.5 Å². The third-order valence-corrected chi connectivity index (χ3v) is 9.50. The van der Waals surface area contributed by atoms with Gasteiger partial charge in [0.15, 0.2) is 0 Å². The Morgan fingerprint density at radius 3 is 2.62 bits per heavy atom. The van der Waals surface area contributed by atoms with Gasteiger partial charge in [0, 0.05) is 44.5 Å². The van der Waals surface area contributed by atoms with Crippen molar-refractivity contribution in [2.45, 2.75) is 56.8 Å². The number of nitrogens with one attached hydrogen (secondary N) is 4. The van der Waals surface area contributed by atoms with Gasteiger partial charge < -0.3 is 25.7 Å². The standard InChI is InChI=1S/C34H39F3N6O4/c35-34(36,37)31-40-26-10-9-24(19-27(26)41-31)38-29(44)21-43-15-11-25-23(20-43)8-4-5-12-33(13-16-47-17-14-33)32(46)42-28(30(45)39-25)18-22-6-2-1-3-7-22/h1-7,9-10,19,23,25,28H,8,11-18,20-21H2,(H,38,44)(H,39,45)(H,40,41)(H,42,46)/b5-4+/t23-,25+,28+/m0/s1. The summed E-state index contributed by atoms with van der Waals surface area (Å²) in [5.74, 6) is -1.70. The van der Waals surface area contributed by atoms with Crippen molar-refractivity contribution < 1.29 is 32.3 Å². The summed E-state index contributed by atoms with van der Waals surface area (Å²) in [7, 11) is 0. The number of rotatable bonds is 5. The molecule has 3 amide bonds. The molecule has 0 bridgehead atoms. The normalized spacial score (nSPS) is 24.8. The molecule has 13 heteroatoms. The Kier molecular flexibility index (Phi) is 9.65. The summed E-state index contributed by atoms with van der Waals surface area (Å²) in [6.07, 6.45) is 2.91. The van der Waals surface area contributed by atoms with Crippen molar-refractivity contribution in [1.82, 2.24) is 25.5 Å². The van der Waals surface area contributed by atoms with Crippen LogP contribution in [0, 0.1) is 11.3 Å². The SMILES string of the molecule is O=C(CN1CC[C@H]2NC(=O)[C@@H](Cc3ccccc3)NC(=O)C3(C/C=C/C[C@H]2C1)CCOCC3)Nc1ccc2nc(C(F)(F)F)[nH]c2c1. The summed E-state index contributed by atoms with van der Waals surface area (Å²) < 4.78 is 44.7. The molecule has 0 radical (unpaired) electrons. The Balaban J connectivity index is 1.14. The molecule has 2 fully saturated rings. The molecular formula is C34H39F3N6O4. The molecule has 3 atom stereocenters. The molecule has 2 saturated heterocycles. The summed E-state index contributed by atoms with van der Waals surface area (Å²) in [5.41, 5.74) is 1.00. The first kappa shape index (κ1) is 32.7. The Labute approximate surface area is 270 Å². The van der Waals surface area contributed by atoms with E-state index in [-0.39, 0.29) is 47.3 Å². The van der Waals surface area contributed by atoms with Crippen LogP contribution < -0.4 is 16.0 Å². The van der Waals surface area contributed by atoms with Gasteiger partial charge in [0.2, 0.25) is 23.5 Å². The van der Waals surface area contributed by atoms with E-state index in [1.54, 1.807) is 0 Å². The van der Waals surface area contributed by atoms with Crippen LogP contribution in [0.3, 0.4) is 0 Å². The summed E-state index contributed by atoms with van der Waals surface area (Å²) in [4.78, 5) is 48.4. The number of hydrogen-bond acceptors (Lipinski definition) is 6. The molecule has 0 unspecified atom stereocenters. The van der Waals surface area contributed by atoms with Crippen LogP contribution in [0.25, 0.3) is 11.0 Å². The number of carbonyl (C=O) groups is 3. The number of likely N-dealkylation sites (tertiary alicyclic amines) is 1. The molecule has 4 N–H and O–H groups in total. The summed E-state index contributed by atoms with van der Waals surface area (Å²) in [6.45, 7) is 2.19. The summed E-state index contributed by atoms with van der Waals surface area (Å²) in [6, 6.07) is 13.1. The van der Waals surface area contributed by atoms with Crippen LogP contribution in [0.4, 0.5) is 18.9 Å². The second-order valence-corrected chi connectivity index (χ2v) is 12.8. The van der Waals surface area contributed by atoms with Crippen molar-refractivity contribution in [2.24, 2.45) is 11.3 Å². The minimum atomic E-state index is -4.60.